The maximum absolute atomic E-state index is 12.4. The SMILES string of the molecule is Cc1ccc(OCC(=O)N2CCC3(CCC(=O)N(CC(N)=O)C3)CC2)cc1. The first-order valence-electron chi connectivity index (χ1n) is 9.40. The van der Waals surface area contributed by atoms with Gasteiger partial charge >= 0.3 is 0 Å². The van der Waals surface area contributed by atoms with E-state index < -0.39 is 5.91 Å². The Bertz CT molecular complexity index is 708. The van der Waals surface area contributed by atoms with E-state index in [9.17, 15) is 14.4 Å². The van der Waals surface area contributed by atoms with Crippen LogP contribution in [0.3, 0.4) is 0 Å². The molecule has 1 spiro atoms. The van der Waals surface area contributed by atoms with E-state index in [1.807, 2.05) is 36.1 Å². The molecule has 1 aromatic rings. The van der Waals surface area contributed by atoms with E-state index in [4.69, 9.17) is 10.5 Å². The predicted molar refractivity (Wildman–Crippen MR) is 99.9 cm³/mol. The minimum absolute atomic E-state index is 0.00979. The summed E-state index contributed by atoms with van der Waals surface area (Å²) >= 11 is 0. The van der Waals surface area contributed by atoms with E-state index in [0.717, 1.165) is 24.8 Å². The van der Waals surface area contributed by atoms with Gasteiger partial charge in [-0.1, -0.05) is 17.7 Å². The number of carbonyl (C=O) groups excluding carboxylic acids is 3. The van der Waals surface area contributed by atoms with Gasteiger partial charge in [-0.15, -0.1) is 0 Å². The van der Waals surface area contributed by atoms with Crippen LogP contribution in [0.5, 0.6) is 5.75 Å². The van der Waals surface area contributed by atoms with E-state index in [0.29, 0.717) is 31.8 Å². The molecule has 2 heterocycles. The lowest BCUT2D eigenvalue weighted by Crippen LogP contribution is -2.54. The van der Waals surface area contributed by atoms with Crippen molar-refractivity contribution in [3.8, 4) is 5.75 Å². The molecule has 2 saturated heterocycles. The molecule has 0 bridgehead atoms. The lowest BCUT2D eigenvalue weighted by Gasteiger charge is -2.47. The maximum Gasteiger partial charge on any atom is 0.260 e. The molecule has 2 aliphatic heterocycles. The first kappa shape index (κ1) is 19.2. The molecular formula is C20H27N3O4. The van der Waals surface area contributed by atoms with Crippen LogP contribution < -0.4 is 10.5 Å². The molecule has 0 aromatic heterocycles. The number of hydrogen-bond donors (Lipinski definition) is 1. The van der Waals surface area contributed by atoms with E-state index in [2.05, 4.69) is 0 Å². The van der Waals surface area contributed by atoms with Crippen LogP contribution in [-0.2, 0) is 14.4 Å². The van der Waals surface area contributed by atoms with Crippen LogP contribution >= 0.6 is 0 Å². The second kappa shape index (κ2) is 7.98. The van der Waals surface area contributed by atoms with Crippen molar-refractivity contribution in [2.75, 3.05) is 32.8 Å². The van der Waals surface area contributed by atoms with Gasteiger partial charge < -0.3 is 20.3 Å². The van der Waals surface area contributed by atoms with Crippen molar-refractivity contribution < 1.29 is 19.1 Å². The standard InChI is InChI=1S/C20H27N3O4/c1-15-2-4-16(5-3-15)27-13-19(26)22-10-8-20(9-11-22)7-6-18(25)23(14-20)12-17(21)24/h2-5H,6-14H2,1H3,(H2,21,24). The van der Waals surface area contributed by atoms with Gasteiger partial charge in [0.25, 0.3) is 5.91 Å². The van der Waals surface area contributed by atoms with E-state index in [1.54, 1.807) is 4.90 Å². The Kier molecular flexibility index (Phi) is 5.68. The Labute approximate surface area is 159 Å². The molecule has 7 heteroatoms. The summed E-state index contributed by atoms with van der Waals surface area (Å²) in [5.41, 5.74) is 6.38. The highest BCUT2D eigenvalue weighted by atomic mass is 16.5. The molecule has 0 radical (unpaired) electrons. The number of nitrogens with zero attached hydrogens (tertiary/aromatic N) is 2. The summed E-state index contributed by atoms with van der Waals surface area (Å²) in [5.74, 6) is 0.173. The zero-order chi connectivity index (χ0) is 19.4. The fraction of sp³-hybridized carbons (Fsp3) is 0.550. The van der Waals surface area contributed by atoms with Crippen LogP contribution in [0.2, 0.25) is 0 Å². The van der Waals surface area contributed by atoms with Crippen LogP contribution in [0.1, 0.15) is 31.2 Å². The number of amides is 3. The summed E-state index contributed by atoms with van der Waals surface area (Å²) in [4.78, 5) is 39.0. The monoisotopic (exact) mass is 373 g/mol. The molecular weight excluding hydrogens is 346 g/mol. The highest BCUT2D eigenvalue weighted by Gasteiger charge is 2.41. The number of carbonyl (C=O) groups is 3. The third-order valence-corrected chi connectivity index (χ3v) is 5.65. The van der Waals surface area contributed by atoms with Crippen LogP contribution in [0.25, 0.3) is 0 Å². The number of primary amides is 1. The second-order valence-corrected chi connectivity index (χ2v) is 7.70. The van der Waals surface area contributed by atoms with E-state index in [1.165, 1.54) is 0 Å². The lowest BCUT2D eigenvalue weighted by atomic mass is 9.72. The Morgan fingerprint density at radius 3 is 2.44 bits per heavy atom. The molecule has 2 fully saturated rings. The maximum atomic E-state index is 12.4. The van der Waals surface area contributed by atoms with Gasteiger partial charge in [0, 0.05) is 26.1 Å². The van der Waals surface area contributed by atoms with E-state index in [-0.39, 0.29) is 30.4 Å². The van der Waals surface area contributed by atoms with Crippen molar-refractivity contribution in [3.63, 3.8) is 0 Å². The number of likely N-dealkylation sites (tertiary alicyclic amines) is 2. The number of piperidine rings is 2. The Hall–Kier alpha value is -2.57. The molecule has 0 saturated carbocycles. The molecule has 2 N–H and O–H groups in total. The van der Waals surface area contributed by atoms with Gasteiger partial charge in [0.1, 0.15) is 5.75 Å². The topological polar surface area (TPSA) is 92.9 Å². The van der Waals surface area contributed by atoms with Gasteiger partial charge in [-0.05, 0) is 43.7 Å². The molecule has 0 unspecified atom stereocenters. The van der Waals surface area contributed by atoms with Crippen LogP contribution in [0.15, 0.2) is 24.3 Å². The quantitative estimate of drug-likeness (QED) is 0.836. The van der Waals surface area contributed by atoms with Gasteiger partial charge in [-0.3, -0.25) is 14.4 Å². The smallest absolute Gasteiger partial charge is 0.260 e. The molecule has 27 heavy (non-hydrogen) atoms. The van der Waals surface area contributed by atoms with Gasteiger partial charge in [0.05, 0.1) is 6.54 Å². The molecule has 2 aliphatic rings. The zero-order valence-corrected chi connectivity index (χ0v) is 15.8. The first-order chi connectivity index (χ1) is 12.9. The normalized spacial score (nSPS) is 19.2. The van der Waals surface area contributed by atoms with Gasteiger partial charge in [0.15, 0.2) is 6.61 Å². The summed E-state index contributed by atoms with van der Waals surface area (Å²) in [6.07, 6.45) is 2.90. The fourth-order valence-corrected chi connectivity index (χ4v) is 3.94. The van der Waals surface area contributed by atoms with E-state index >= 15 is 0 Å². The minimum Gasteiger partial charge on any atom is -0.484 e. The number of rotatable bonds is 5. The number of ether oxygens (including phenoxy) is 1. The highest BCUT2D eigenvalue weighted by molar-refractivity contribution is 5.84. The number of aryl methyl sites for hydroxylation is 1. The molecule has 3 rings (SSSR count). The van der Waals surface area contributed by atoms with Crippen LogP contribution in [0, 0.1) is 12.3 Å². The van der Waals surface area contributed by atoms with Gasteiger partial charge in [-0.2, -0.15) is 0 Å². The number of nitrogens with two attached hydrogens (primary N) is 1. The zero-order valence-electron chi connectivity index (χ0n) is 15.8. The van der Waals surface area contributed by atoms with Gasteiger partial charge in [-0.25, -0.2) is 0 Å². The average Bonchev–Trinajstić information content (AvgIpc) is 2.64. The van der Waals surface area contributed by atoms with Crippen LogP contribution in [0.4, 0.5) is 0 Å². The second-order valence-electron chi connectivity index (χ2n) is 7.70. The first-order valence-corrected chi connectivity index (χ1v) is 9.40. The molecule has 3 amide bonds. The minimum atomic E-state index is -0.485. The summed E-state index contributed by atoms with van der Waals surface area (Å²) < 4.78 is 5.59. The average molecular weight is 373 g/mol. The largest absolute Gasteiger partial charge is 0.484 e. The third-order valence-electron chi connectivity index (χ3n) is 5.65. The predicted octanol–water partition coefficient (Wildman–Crippen LogP) is 1.09. The molecule has 0 atom stereocenters. The molecule has 7 nitrogen and oxygen atoms in total. The molecule has 0 aliphatic carbocycles. The van der Waals surface area contributed by atoms with Crippen molar-refractivity contribution in [2.45, 2.75) is 32.6 Å². The van der Waals surface area contributed by atoms with Crippen molar-refractivity contribution in [2.24, 2.45) is 11.1 Å². The van der Waals surface area contributed by atoms with Crippen molar-refractivity contribution in [1.29, 1.82) is 0 Å². The van der Waals surface area contributed by atoms with Gasteiger partial charge in [0.2, 0.25) is 11.8 Å². The summed E-state index contributed by atoms with van der Waals surface area (Å²) in [6.45, 7) is 3.86. The Balaban J connectivity index is 1.50. The van der Waals surface area contributed by atoms with Crippen molar-refractivity contribution in [3.05, 3.63) is 29.8 Å². The summed E-state index contributed by atoms with van der Waals surface area (Å²) in [5, 5.41) is 0. The summed E-state index contributed by atoms with van der Waals surface area (Å²) in [6, 6.07) is 7.62. The number of hydrogen-bond acceptors (Lipinski definition) is 4. The van der Waals surface area contributed by atoms with Crippen LogP contribution in [-0.4, -0.2) is 60.3 Å². The highest BCUT2D eigenvalue weighted by Crippen LogP contribution is 2.40. The summed E-state index contributed by atoms with van der Waals surface area (Å²) in [7, 11) is 0. The fourth-order valence-electron chi connectivity index (χ4n) is 3.94. The molecule has 146 valence electrons. The van der Waals surface area contributed by atoms with Crippen molar-refractivity contribution in [1.82, 2.24) is 9.80 Å². The van der Waals surface area contributed by atoms with Crippen molar-refractivity contribution >= 4 is 17.7 Å². The lowest BCUT2D eigenvalue weighted by molar-refractivity contribution is -0.145. The number of benzene rings is 1. The Morgan fingerprint density at radius 2 is 1.81 bits per heavy atom. The molecule has 1 aromatic carbocycles. The third kappa shape index (κ3) is 4.78. The Morgan fingerprint density at radius 1 is 1.15 bits per heavy atom.